The lowest BCUT2D eigenvalue weighted by Gasteiger charge is -2.11. The normalized spacial score (nSPS) is 12.5. The maximum Gasteiger partial charge on any atom is 0.325 e. The minimum Gasteiger partial charge on any atom is -0.480 e. The highest BCUT2D eigenvalue weighted by molar-refractivity contribution is 5.75. The van der Waals surface area contributed by atoms with E-state index in [1.54, 1.807) is 0 Å². The van der Waals surface area contributed by atoms with Crippen molar-refractivity contribution in [2.24, 2.45) is 0 Å². The van der Waals surface area contributed by atoms with Gasteiger partial charge in [0.15, 0.2) is 17.5 Å². The average molecular weight is 219 g/mol. The molecule has 3 nitrogen and oxygen atoms in total. The smallest absolute Gasteiger partial charge is 0.325 e. The molecule has 0 aliphatic rings. The van der Waals surface area contributed by atoms with E-state index in [0.717, 1.165) is 0 Å². The van der Waals surface area contributed by atoms with Crippen LogP contribution in [0.2, 0.25) is 0 Å². The summed E-state index contributed by atoms with van der Waals surface area (Å²) < 4.78 is 38.1. The molecule has 0 aromatic heterocycles. The molecule has 0 saturated carbocycles. The molecule has 15 heavy (non-hydrogen) atoms. The molecule has 0 bridgehead atoms. The highest BCUT2D eigenvalue weighted by Crippen LogP contribution is 2.19. The van der Waals surface area contributed by atoms with Crippen molar-refractivity contribution >= 4 is 5.97 Å². The molecule has 1 rings (SSSR count). The molecular formula is C9H8F3NO2. The van der Waals surface area contributed by atoms with E-state index in [-0.39, 0.29) is 5.56 Å². The number of carboxylic acid groups (broad SMARTS) is 1. The van der Waals surface area contributed by atoms with Gasteiger partial charge >= 0.3 is 5.97 Å². The third kappa shape index (κ3) is 2.27. The second kappa shape index (κ2) is 4.31. The number of rotatable bonds is 3. The number of carboxylic acids is 1. The zero-order chi connectivity index (χ0) is 11.6. The minimum atomic E-state index is -1.61. The van der Waals surface area contributed by atoms with Crippen LogP contribution in [0.4, 0.5) is 13.2 Å². The Morgan fingerprint density at radius 3 is 2.13 bits per heavy atom. The highest BCUT2D eigenvalue weighted by atomic mass is 19.2. The number of benzene rings is 1. The highest BCUT2D eigenvalue weighted by Gasteiger charge is 2.21. The van der Waals surface area contributed by atoms with Crippen molar-refractivity contribution in [1.82, 2.24) is 5.32 Å². The van der Waals surface area contributed by atoms with Crippen molar-refractivity contribution in [2.75, 3.05) is 7.05 Å². The lowest BCUT2D eigenvalue weighted by Crippen LogP contribution is -2.25. The standard InChI is InChI=1S/C9H8F3NO2/c1-13-8(9(14)15)4-2-5(10)7(12)6(11)3-4/h2-3,8,13H,1H3,(H,14,15). The monoisotopic (exact) mass is 219 g/mol. The van der Waals surface area contributed by atoms with E-state index in [0.29, 0.717) is 12.1 Å². The predicted molar refractivity (Wildman–Crippen MR) is 45.8 cm³/mol. The minimum absolute atomic E-state index is 0.179. The van der Waals surface area contributed by atoms with Gasteiger partial charge in [-0.25, -0.2) is 13.2 Å². The van der Waals surface area contributed by atoms with Crippen LogP contribution in [-0.4, -0.2) is 18.1 Å². The van der Waals surface area contributed by atoms with Crippen LogP contribution < -0.4 is 5.32 Å². The van der Waals surface area contributed by atoms with E-state index in [4.69, 9.17) is 5.11 Å². The second-order valence-electron chi connectivity index (χ2n) is 2.86. The summed E-state index contributed by atoms with van der Waals surface area (Å²) in [5.74, 6) is -5.74. The molecule has 6 heteroatoms. The summed E-state index contributed by atoms with van der Waals surface area (Å²) >= 11 is 0. The lowest BCUT2D eigenvalue weighted by atomic mass is 10.1. The molecule has 1 unspecified atom stereocenters. The first-order valence-electron chi connectivity index (χ1n) is 4.02. The van der Waals surface area contributed by atoms with Crippen molar-refractivity contribution in [2.45, 2.75) is 6.04 Å². The van der Waals surface area contributed by atoms with E-state index in [2.05, 4.69) is 5.32 Å². The Kier molecular flexibility index (Phi) is 3.31. The Morgan fingerprint density at radius 2 is 1.80 bits per heavy atom. The average Bonchev–Trinajstić information content (AvgIpc) is 2.14. The fourth-order valence-corrected chi connectivity index (χ4v) is 1.17. The number of hydrogen-bond acceptors (Lipinski definition) is 2. The van der Waals surface area contributed by atoms with Crippen LogP contribution in [0.3, 0.4) is 0 Å². The Hall–Kier alpha value is -1.56. The van der Waals surface area contributed by atoms with Crippen LogP contribution in [0, 0.1) is 17.5 Å². The number of likely N-dealkylation sites (N-methyl/N-ethyl adjacent to an activating group) is 1. The quantitative estimate of drug-likeness (QED) is 0.756. The van der Waals surface area contributed by atoms with Crippen LogP contribution in [0.15, 0.2) is 12.1 Å². The lowest BCUT2D eigenvalue weighted by molar-refractivity contribution is -0.139. The van der Waals surface area contributed by atoms with E-state index in [9.17, 15) is 18.0 Å². The first-order valence-corrected chi connectivity index (χ1v) is 4.02. The zero-order valence-electron chi connectivity index (χ0n) is 7.72. The number of hydrogen-bond donors (Lipinski definition) is 2. The second-order valence-corrected chi connectivity index (χ2v) is 2.86. The van der Waals surface area contributed by atoms with E-state index in [1.165, 1.54) is 7.05 Å². The third-order valence-electron chi connectivity index (χ3n) is 1.88. The van der Waals surface area contributed by atoms with Crippen molar-refractivity contribution in [3.05, 3.63) is 35.1 Å². The fourth-order valence-electron chi connectivity index (χ4n) is 1.17. The first kappa shape index (κ1) is 11.5. The molecule has 1 atom stereocenters. The molecule has 1 aromatic carbocycles. The molecule has 0 fully saturated rings. The Morgan fingerprint density at radius 1 is 1.33 bits per heavy atom. The molecule has 0 radical (unpaired) electrons. The third-order valence-corrected chi connectivity index (χ3v) is 1.88. The SMILES string of the molecule is CNC(C(=O)O)c1cc(F)c(F)c(F)c1. The summed E-state index contributed by atoms with van der Waals surface area (Å²) in [6, 6.07) is 0.0242. The van der Waals surface area contributed by atoms with Gasteiger partial charge in [0.25, 0.3) is 0 Å². The Balaban J connectivity index is 3.20. The summed E-state index contributed by atoms with van der Waals surface area (Å²) in [6.45, 7) is 0. The molecule has 2 N–H and O–H groups in total. The van der Waals surface area contributed by atoms with Gasteiger partial charge in [-0.3, -0.25) is 4.79 Å². The van der Waals surface area contributed by atoms with Gasteiger partial charge in [0.1, 0.15) is 6.04 Å². The number of aliphatic carboxylic acids is 1. The van der Waals surface area contributed by atoms with Gasteiger partial charge in [0.2, 0.25) is 0 Å². The first-order chi connectivity index (χ1) is 6.97. The zero-order valence-corrected chi connectivity index (χ0v) is 7.72. The maximum absolute atomic E-state index is 12.8. The topological polar surface area (TPSA) is 49.3 Å². The van der Waals surface area contributed by atoms with Crippen LogP contribution in [-0.2, 0) is 4.79 Å². The van der Waals surface area contributed by atoms with Crippen LogP contribution in [0.1, 0.15) is 11.6 Å². The van der Waals surface area contributed by atoms with Gasteiger partial charge in [-0.05, 0) is 24.7 Å². The van der Waals surface area contributed by atoms with Gasteiger partial charge in [-0.15, -0.1) is 0 Å². The number of halogens is 3. The summed E-state index contributed by atoms with van der Waals surface area (Å²) in [5, 5.41) is 11.0. The predicted octanol–water partition coefficient (Wildman–Crippen LogP) is 1.45. The molecular weight excluding hydrogens is 211 g/mol. The van der Waals surface area contributed by atoms with Crippen molar-refractivity contribution in [1.29, 1.82) is 0 Å². The van der Waals surface area contributed by atoms with Gasteiger partial charge < -0.3 is 10.4 Å². The molecule has 0 amide bonds. The molecule has 0 saturated heterocycles. The summed E-state index contributed by atoms with van der Waals surface area (Å²) in [4.78, 5) is 10.6. The van der Waals surface area contributed by atoms with Crippen LogP contribution in [0.25, 0.3) is 0 Å². The number of carbonyl (C=O) groups is 1. The summed E-state index contributed by atoms with van der Waals surface area (Å²) in [5.41, 5.74) is -0.179. The summed E-state index contributed by atoms with van der Waals surface area (Å²) in [6.07, 6.45) is 0. The molecule has 82 valence electrons. The molecule has 0 heterocycles. The molecule has 0 spiro atoms. The Bertz CT molecular complexity index is 372. The van der Waals surface area contributed by atoms with Crippen LogP contribution in [0.5, 0.6) is 0 Å². The van der Waals surface area contributed by atoms with Gasteiger partial charge in [-0.1, -0.05) is 0 Å². The van der Waals surface area contributed by atoms with Gasteiger partial charge in [-0.2, -0.15) is 0 Å². The van der Waals surface area contributed by atoms with Gasteiger partial charge in [0.05, 0.1) is 0 Å². The van der Waals surface area contributed by atoms with Crippen molar-refractivity contribution < 1.29 is 23.1 Å². The van der Waals surface area contributed by atoms with E-state index < -0.39 is 29.5 Å². The summed E-state index contributed by atoms with van der Waals surface area (Å²) in [7, 11) is 1.32. The van der Waals surface area contributed by atoms with Crippen molar-refractivity contribution in [3.8, 4) is 0 Å². The Labute approximate surface area is 83.5 Å². The maximum atomic E-state index is 12.8. The van der Waals surface area contributed by atoms with Gasteiger partial charge in [0, 0.05) is 0 Å². The number of nitrogens with one attached hydrogen (secondary N) is 1. The molecule has 0 aliphatic carbocycles. The largest absolute Gasteiger partial charge is 0.480 e. The van der Waals surface area contributed by atoms with Crippen LogP contribution >= 0.6 is 0 Å². The molecule has 1 aromatic rings. The fraction of sp³-hybridized carbons (Fsp3) is 0.222. The molecule has 0 aliphatic heterocycles. The van der Waals surface area contributed by atoms with E-state index >= 15 is 0 Å². The van der Waals surface area contributed by atoms with Crippen molar-refractivity contribution in [3.63, 3.8) is 0 Å². The van der Waals surface area contributed by atoms with E-state index in [1.807, 2.05) is 0 Å².